The first-order valence-electron chi connectivity index (χ1n) is 28.1. The topological polar surface area (TPSA) is 289 Å². The third-order valence-corrected chi connectivity index (χ3v) is 13.8. The van der Waals surface area contributed by atoms with E-state index < -0.39 is 54.4 Å². The molecule has 6 amide bonds. The van der Waals surface area contributed by atoms with Crippen LogP contribution in [0.15, 0.2) is 72.8 Å². The maximum atomic E-state index is 14.3. The average Bonchev–Trinajstić information content (AvgIpc) is 3.67. The number of piperidine rings is 2. The molecule has 0 bridgehead atoms. The number of hydrogen-bond acceptors (Lipinski definition) is 19. The molecule has 24 nitrogen and oxygen atoms in total. The van der Waals surface area contributed by atoms with Crippen LogP contribution in [0, 0.1) is 0 Å². The number of imide groups is 1. The van der Waals surface area contributed by atoms with E-state index in [1.54, 1.807) is 49.5 Å². The van der Waals surface area contributed by atoms with Crippen molar-refractivity contribution in [2.75, 3.05) is 108 Å². The van der Waals surface area contributed by atoms with Crippen molar-refractivity contribution in [2.45, 2.75) is 82.4 Å². The first-order chi connectivity index (χ1) is 41.3. The van der Waals surface area contributed by atoms with E-state index in [4.69, 9.17) is 52.1 Å². The number of nitrogens with one attached hydrogen (secondary N) is 4. The smallest absolute Gasteiger partial charge is 0.329 e. The molecule has 2 aliphatic heterocycles. The fourth-order valence-electron chi connectivity index (χ4n) is 9.45. The maximum absolute atomic E-state index is 14.3. The van der Waals surface area contributed by atoms with Gasteiger partial charge in [0.2, 0.25) is 23.5 Å². The Morgan fingerprint density at radius 3 is 1.94 bits per heavy atom. The molecule has 85 heavy (non-hydrogen) atoms. The molecule has 0 saturated carbocycles. The van der Waals surface area contributed by atoms with Gasteiger partial charge in [-0.25, -0.2) is 4.79 Å². The van der Waals surface area contributed by atoms with E-state index in [0.29, 0.717) is 137 Å². The van der Waals surface area contributed by atoms with E-state index in [9.17, 15) is 38.4 Å². The number of likely N-dealkylation sites (tertiary alicyclic amines) is 1. The van der Waals surface area contributed by atoms with Gasteiger partial charge in [-0.05, 0) is 111 Å². The van der Waals surface area contributed by atoms with Crippen molar-refractivity contribution in [1.82, 2.24) is 26.2 Å². The number of rotatable bonds is 36. The first-order valence-corrected chi connectivity index (χ1v) is 28.1. The molecular formula is C61H77N5O19. The second-order valence-electron chi connectivity index (χ2n) is 19.7. The zero-order valence-electron chi connectivity index (χ0n) is 48.8. The molecular weight excluding hydrogens is 1110 g/mol. The lowest BCUT2D eigenvalue weighted by atomic mass is 9.99. The minimum Gasteiger partial charge on any atom is -0.493 e. The Balaban J connectivity index is 0.865. The van der Waals surface area contributed by atoms with Gasteiger partial charge in [0.15, 0.2) is 42.5 Å². The van der Waals surface area contributed by atoms with Crippen LogP contribution in [0.5, 0.6) is 40.2 Å². The van der Waals surface area contributed by atoms with E-state index in [1.165, 1.54) is 39.5 Å². The van der Waals surface area contributed by atoms with Crippen LogP contribution >= 0.6 is 0 Å². The van der Waals surface area contributed by atoms with Crippen LogP contribution in [0.1, 0.15) is 94.9 Å². The monoisotopic (exact) mass is 1180 g/mol. The van der Waals surface area contributed by atoms with Crippen LogP contribution < -0.4 is 54.4 Å². The summed E-state index contributed by atoms with van der Waals surface area (Å²) in [6, 6.07) is 18.7. The summed E-state index contributed by atoms with van der Waals surface area (Å²) < 4.78 is 62.1. The summed E-state index contributed by atoms with van der Waals surface area (Å²) in [5, 5.41) is 10.2. The molecule has 2 unspecified atom stereocenters. The molecule has 2 aliphatic rings. The standard InChI is InChI=1S/C61H77N5O19/c1-75-48-21-18-40(32-50(48)76-2)17-20-47(85-61(74)46-15-6-7-25-66(46)56(71)35-41-33-51(77-3)58(79-5)52(34-41)78-4)42-12-8-14-44(36-42)83-38-54(69)62-23-10-26-80-28-30-82-31-29-81-27-11-24-63-55(70)39-84-49-16-9-13-43(37-67)57(49)60(73)64-45-19-22-53(68)65-59(45)72/h8-9,12-14,16,18,21,32-34,36-37,45-47H,6-7,10-11,15,17,19-20,22-31,35,38-39H2,1-5H3,(H,62,69)(H,63,70)(H,64,73)(H,65,68,72)/t45?,46-,47?/m0/s1. The molecule has 0 radical (unpaired) electrons. The number of methoxy groups -OCH3 is 5. The predicted molar refractivity (Wildman–Crippen MR) is 306 cm³/mol. The van der Waals surface area contributed by atoms with Crippen LogP contribution in [-0.4, -0.2) is 173 Å². The Labute approximate surface area is 494 Å². The fraction of sp³-hybridized carbons (Fsp3) is 0.475. The molecule has 2 fully saturated rings. The first kappa shape index (κ1) is 65.7. The van der Waals surface area contributed by atoms with Crippen LogP contribution in [-0.2, 0) is 60.6 Å². The summed E-state index contributed by atoms with van der Waals surface area (Å²) in [5.74, 6) is -0.650. The van der Waals surface area contributed by atoms with Crippen molar-refractivity contribution in [3.8, 4) is 40.2 Å². The third kappa shape index (κ3) is 20.4. The van der Waals surface area contributed by atoms with E-state index in [1.807, 2.05) is 24.3 Å². The zero-order chi connectivity index (χ0) is 60.9. The van der Waals surface area contributed by atoms with Gasteiger partial charge in [-0.15, -0.1) is 0 Å². The molecule has 460 valence electrons. The molecule has 2 heterocycles. The van der Waals surface area contributed by atoms with E-state index in [0.717, 1.165) is 18.4 Å². The van der Waals surface area contributed by atoms with Gasteiger partial charge >= 0.3 is 5.97 Å². The number of esters is 1. The molecule has 3 atom stereocenters. The van der Waals surface area contributed by atoms with Gasteiger partial charge in [0.25, 0.3) is 17.7 Å². The normalized spacial score (nSPS) is 15.1. The molecule has 24 heteroatoms. The lowest BCUT2D eigenvalue weighted by molar-refractivity contribution is -0.162. The average molecular weight is 1180 g/mol. The quantitative estimate of drug-likeness (QED) is 0.0212. The highest BCUT2D eigenvalue weighted by Crippen LogP contribution is 2.39. The number of amides is 6. The van der Waals surface area contributed by atoms with Gasteiger partial charge in [-0.3, -0.25) is 38.9 Å². The minimum absolute atomic E-state index is 0.00349. The van der Waals surface area contributed by atoms with Gasteiger partial charge in [0.1, 0.15) is 29.7 Å². The number of ether oxygens (including phenoxy) is 11. The van der Waals surface area contributed by atoms with Crippen molar-refractivity contribution in [1.29, 1.82) is 0 Å². The summed E-state index contributed by atoms with van der Waals surface area (Å²) in [6.07, 6.45) is 3.70. The van der Waals surface area contributed by atoms with Crippen LogP contribution in [0.2, 0.25) is 0 Å². The van der Waals surface area contributed by atoms with Crippen LogP contribution in [0.25, 0.3) is 0 Å². The highest BCUT2D eigenvalue weighted by atomic mass is 16.6. The summed E-state index contributed by atoms with van der Waals surface area (Å²) in [7, 11) is 7.64. The van der Waals surface area contributed by atoms with Crippen LogP contribution in [0.4, 0.5) is 0 Å². The summed E-state index contributed by atoms with van der Waals surface area (Å²) in [6.45, 7) is 2.39. The van der Waals surface area contributed by atoms with Gasteiger partial charge in [0, 0.05) is 44.8 Å². The van der Waals surface area contributed by atoms with Crippen molar-refractivity contribution >= 4 is 47.7 Å². The Morgan fingerprint density at radius 2 is 1.31 bits per heavy atom. The van der Waals surface area contributed by atoms with Crippen molar-refractivity contribution < 1.29 is 90.5 Å². The van der Waals surface area contributed by atoms with E-state index in [-0.39, 0.29) is 61.1 Å². The largest absolute Gasteiger partial charge is 0.493 e. The minimum atomic E-state index is -0.968. The lowest BCUT2D eigenvalue weighted by Gasteiger charge is -2.35. The van der Waals surface area contributed by atoms with E-state index >= 15 is 0 Å². The van der Waals surface area contributed by atoms with Gasteiger partial charge in [0.05, 0.1) is 74.0 Å². The Hall–Kier alpha value is -8.48. The van der Waals surface area contributed by atoms with Crippen molar-refractivity contribution in [2.24, 2.45) is 0 Å². The number of nitrogens with zero attached hydrogens (tertiary/aromatic N) is 1. The third-order valence-electron chi connectivity index (χ3n) is 13.8. The Bertz CT molecular complexity index is 2880. The van der Waals surface area contributed by atoms with Gasteiger partial charge in [-0.2, -0.15) is 0 Å². The SMILES string of the molecule is COc1ccc(CCC(OC(=O)[C@@H]2CCCCN2C(=O)Cc2cc(OC)c(OC)c(OC)c2)c2cccc(OCC(=O)NCCCOCCOCCOCCCNC(=O)COc3cccc(C=O)c3C(=O)NC3CCC(=O)NC3=O)c2)cc1OC. The highest BCUT2D eigenvalue weighted by Gasteiger charge is 2.36. The second-order valence-corrected chi connectivity index (χ2v) is 19.7. The molecule has 0 aliphatic carbocycles. The maximum Gasteiger partial charge on any atom is 0.329 e. The predicted octanol–water partition coefficient (Wildman–Crippen LogP) is 4.44. The van der Waals surface area contributed by atoms with Gasteiger partial charge in [-0.1, -0.05) is 30.3 Å². The summed E-state index contributed by atoms with van der Waals surface area (Å²) >= 11 is 0. The Morgan fingerprint density at radius 1 is 0.671 bits per heavy atom. The van der Waals surface area contributed by atoms with Crippen LogP contribution in [0.3, 0.4) is 0 Å². The molecule has 0 spiro atoms. The molecule has 0 aromatic heterocycles. The summed E-state index contributed by atoms with van der Waals surface area (Å²) in [5.41, 5.74) is 2.07. The number of aldehydes is 1. The number of carbonyl (C=O) groups is 8. The van der Waals surface area contributed by atoms with Crippen molar-refractivity contribution in [3.63, 3.8) is 0 Å². The summed E-state index contributed by atoms with van der Waals surface area (Å²) in [4.78, 5) is 104. The number of hydrogen-bond donors (Lipinski definition) is 4. The van der Waals surface area contributed by atoms with Gasteiger partial charge < -0.3 is 73.0 Å². The molecule has 4 aromatic rings. The lowest BCUT2D eigenvalue weighted by Crippen LogP contribution is -2.52. The molecule has 4 aromatic carbocycles. The molecule has 6 rings (SSSR count). The van der Waals surface area contributed by atoms with Crippen molar-refractivity contribution in [3.05, 3.63) is 101 Å². The zero-order valence-corrected chi connectivity index (χ0v) is 48.8. The number of benzene rings is 4. The number of carbonyl (C=O) groups excluding carboxylic acids is 8. The molecule has 2 saturated heterocycles. The Kier molecular flexibility index (Phi) is 27.0. The number of aryl methyl sites for hydroxylation is 1. The highest BCUT2D eigenvalue weighted by molar-refractivity contribution is 6.07. The van der Waals surface area contributed by atoms with E-state index in [2.05, 4.69) is 21.3 Å². The second kappa shape index (κ2) is 35.0. The fourth-order valence-corrected chi connectivity index (χ4v) is 9.45. The molecule has 4 N–H and O–H groups in total.